The fourth-order valence-corrected chi connectivity index (χ4v) is 1.14. The topological polar surface area (TPSA) is 34.9 Å². The quantitative estimate of drug-likeness (QED) is 0.674. The third-order valence-electron chi connectivity index (χ3n) is 1.41. The zero-order valence-electron chi connectivity index (χ0n) is 6.09. The van der Waals surface area contributed by atoms with E-state index in [1.54, 1.807) is 0 Å². The van der Waals surface area contributed by atoms with Crippen LogP contribution in [0.4, 0.5) is 8.78 Å². The van der Waals surface area contributed by atoms with E-state index in [2.05, 4.69) is 5.10 Å². The maximum absolute atomic E-state index is 12.2. The van der Waals surface area contributed by atoms with E-state index >= 15 is 0 Å². The summed E-state index contributed by atoms with van der Waals surface area (Å²) < 4.78 is 25.3. The van der Waals surface area contributed by atoms with Gasteiger partial charge in [0, 0.05) is 7.05 Å². The van der Waals surface area contributed by atoms with E-state index in [0.717, 1.165) is 4.68 Å². The van der Waals surface area contributed by atoms with Gasteiger partial charge >= 0.3 is 0 Å². The molecule has 3 nitrogen and oxygen atoms in total. The number of alkyl halides is 2. The van der Waals surface area contributed by atoms with Crippen LogP contribution in [0.25, 0.3) is 0 Å². The number of carbonyl (C=O) groups is 1. The van der Waals surface area contributed by atoms with Gasteiger partial charge in [-0.1, -0.05) is 11.6 Å². The number of nitrogens with zero attached hydrogens (tertiary/aromatic N) is 2. The molecule has 0 spiro atoms. The summed E-state index contributed by atoms with van der Waals surface area (Å²) in [5.41, 5.74) is -0.691. The Kier molecular flexibility index (Phi) is 2.42. The minimum Gasteiger partial charge on any atom is -0.298 e. The molecular formula is C6H5ClF2N2O. The molecule has 0 fully saturated rings. The third-order valence-corrected chi connectivity index (χ3v) is 1.69. The van der Waals surface area contributed by atoms with Crippen LogP contribution in [-0.2, 0) is 7.05 Å². The first-order valence-electron chi connectivity index (χ1n) is 3.03. The van der Waals surface area contributed by atoms with Gasteiger partial charge in [0.2, 0.25) is 0 Å². The van der Waals surface area contributed by atoms with Crippen molar-refractivity contribution in [3.63, 3.8) is 0 Å². The first kappa shape index (κ1) is 9.12. The Morgan fingerprint density at radius 3 is 2.58 bits per heavy atom. The molecule has 0 atom stereocenters. The highest BCUT2D eigenvalue weighted by Gasteiger charge is 2.21. The molecule has 1 rings (SSSR count). The van der Waals surface area contributed by atoms with Gasteiger partial charge in [0.05, 0.1) is 5.56 Å². The minimum atomic E-state index is -2.74. The Morgan fingerprint density at radius 1 is 1.67 bits per heavy atom. The monoisotopic (exact) mass is 194 g/mol. The highest BCUT2D eigenvalue weighted by molar-refractivity contribution is 6.31. The van der Waals surface area contributed by atoms with Gasteiger partial charge < -0.3 is 0 Å². The summed E-state index contributed by atoms with van der Waals surface area (Å²) in [4.78, 5) is 10.3. The van der Waals surface area contributed by atoms with Gasteiger partial charge in [-0.3, -0.25) is 9.48 Å². The van der Waals surface area contributed by atoms with Crippen molar-refractivity contribution in [3.05, 3.63) is 16.4 Å². The van der Waals surface area contributed by atoms with Crippen LogP contribution >= 0.6 is 11.6 Å². The number of hydrogen-bond acceptors (Lipinski definition) is 2. The fourth-order valence-electron chi connectivity index (χ4n) is 0.887. The van der Waals surface area contributed by atoms with Crippen LogP contribution in [0, 0.1) is 0 Å². The lowest BCUT2D eigenvalue weighted by Crippen LogP contribution is -2.00. The Balaban J connectivity index is 3.32. The van der Waals surface area contributed by atoms with Crippen molar-refractivity contribution in [2.45, 2.75) is 6.43 Å². The summed E-state index contributed by atoms with van der Waals surface area (Å²) in [6.45, 7) is 0. The molecule has 0 aliphatic heterocycles. The fraction of sp³-hybridized carbons (Fsp3) is 0.333. The van der Waals surface area contributed by atoms with E-state index in [0.29, 0.717) is 0 Å². The molecule has 0 N–H and O–H groups in total. The lowest BCUT2D eigenvalue weighted by atomic mass is 10.3. The number of aldehydes is 1. The molecule has 0 radical (unpaired) electrons. The number of aromatic nitrogens is 2. The number of aryl methyl sites for hydroxylation is 1. The van der Waals surface area contributed by atoms with E-state index in [9.17, 15) is 13.6 Å². The molecule has 0 saturated heterocycles. The molecule has 12 heavy (non-hydrogen) atoms. The van der Waals surface area contributed by atoms with Crippen LogP contribution < -0.4 is 0 Å². The van der Waals surface area contributed by atoms with Gasteiger partial charge in [-0.05, 0) is 0 Å². The smallest absolute Gasteiger partial charge is 0.280 e. The first-order valence-corrected chi connectivity index (χ1v) is 3.41. The highest BCUT2D eigenvalue weighted by Crippen LogP contribution is 2.25. The lowest BCUT2D eigenvalue weighted by Gasteiger charge is -1.98. The Hall–Kier alpha value is -0.970. The molecule has 0 aliphatic carbocycles. The molecule has 0 bridgehead atoms. The Bertz CT molecular complexity index is 311. The lowest BCUT2D eigenvalue weighted by molar-refractivity contribution is 0.110. The van der Waals surface area contributed by atoms with E-state index in [1.165, 1.54) is 7.05 Å². The van der Waals surface area contributed by atoms with E-state index in [-0.39, 0.29) is 17.0 Å². The second-order valence-corrected chi connectivity index (χ2v) is 2.49. The Labute approximate surface area is 71.9 Å². The summed E-state index contributed by atoms with van der Waals surface area (Å²) in [6, 6.07) is 0. The average molecular weight is 195 g/mol. The number of halogens is 3. The van der Waals surface area contributed by atoms with E-state index < -0.39 is 12.1 Å². The Morgan fingerprint density at radius 2 is 2.25 bits per heavy atom. The number of carbonyl (C=O) groups excluding carboxylic acids is 1. The molecular weight excluding hydrogens is 190 g/mol. The van der Waals surface area contributed by atoms with Gasteiger partial charge in [-0.25, -0.2) is 8.78 Å². The van der Waals surface area contributed by atoms with E-state index in [1.807, 2.05) is 0 Å². The van der Waals surface area contributed by atoms with Crippen molar-refractivity contribution < 1.29 is 13.6 Å². The third kappa shape index (κ3) is 1.32. The molecule has 66 valence electrons. The van der Waals surface area contributed by atoms with Crippen LogP contribution in [-0.4, -0.2) is 16.1 Å². The van der Waals surface area contributed by atoms with Gasteiger partial charge in [0.15, 0.2) is 11.4 Å². The van der Waals surface area contributed by atoms with Gasteiger partial charge in [-0.2, -0.15) is 5.10 Å². The van der Waals surface area contributed by atoms with Crippen LogP contribution in [0.5, 0.6) is 0 Å². The zero-order valence-corrected chi connectivity index (χ0v) is 6.85. The maximum Gasteiger partial charge on any atom is 0.280 e. The second kappa shape index (κ2) is 3.18. The standard InChI is InChI=1S/C6H5ClF2N2O/c1-11-4(6(8)9)3(2-12)5(7)10-11/h2,6H,1H3. The van der Waals surface area contributed by atoms with Crippen molar-refractivity contribution in [1.82, 2.24) is 9.78 Å². The minimum absolute atomic E-state index is 0.192. The zero-order chi connectivity index (χ0) is 9.30. The van der Waals surface area contributed by atoms with Crippen molar-refractivity contribution in [2.24, 2.45) is 7.05 Å². The highest BCUT2D eigenvalue weighted by atomic mass is 35.5. The van der Waals surface area contributed by atoms with Gasteiger partial charge in [0.25, 0.3) is 6.43 Å². The largest absolute Gasteiger partial charge is 0.298 e. The molecule has 0 saturated carbocycles. The molecule has 1 aromatic heterocycles. The van der Waals surface area contributed by atoms with Crippen molar-refractivity contribution in [1.29, 1.82) is 0 Å². The van der Waals surface area contributed by atoms with Crippen molar-refractivity contribution in [3.8, 4) is 0 Å². The first-order chi connectivity index (χ1) is 5.57. The van der Waals surface area contributed by atoms with E-state index in [4.69, 9.17) is 11.6 Å². The van der Waals surface area contributed by atoms with Gasteiger partial charge in [-0.15, -0.1) is 0 Å². The molecule has 1 aromatic rings. The SMILES string of the molecule is Cn1nc(Cl)c(C=O)c1C(F)F. The van der Waals surface area contributed by atoms with Gasteiger partial charge in [0.1, 0.15) is 5.69 Å². The van der Waals surface area contributed by atoms with Crippen molar-refractivity contribution >= 4 is 17.9 Å². The molecule has 0 aromatic carbocycles. The molecule has 0 unspecified atom stereocenters. The van der Waals surface area contributed by atoms with Crippen LogP contribution in [0.15, 0.2) is 0 Å². The predicted octanol–water partition coefficient (Wildman–Crippen LogP) is 1.82. The van der Waals surface area contributed by atoms with Crippen molar-refractivity contribution in [2.75, 3.05) is 0 Å². The average Bonchev–Trinajstić information content (AvgIpc) is 2.24. The summed E-state index contributed by atoms with van der Waals surface area (Å²) in [5, 5.41) is 3.28. The summed E-state index contributed by atoms with van der Waals surface area (Å²) >= 11 is 5.40. The van der Waals surface area contributed by atoms with Crippen LogP contribution in [0.1, 0.15) is 22.5 Å². The molecule has 0 amide bonds. The molecule has 0 aliphatic rings. The normalized spacial score (nSPS) is 10.8. The second-order valence-electron chi connectivity index (χ2n) is 2.13. The maximum atomic E-state index is 12.2. The van der Waals surface area contributed by atoms with Crippen LogP contribution in [0.3, 0.4) is 0 Å². The molecule has 1 heterocycles. The summed E-state index contributed by atoms with van der Waals surface area (Å²) in [6.07, 6.45) is -2.47. The molecule has 6 heteroatoms. The summed E-state index contributed by atoms with van der Waals surface area (Å²) in [7, 11) is 1.31. The number of rotatable bonds is 2. The number of hydrogen-bond donors (Lipinski definition) is 0. The van der Waals surface area contributed by atoms with Crippen LogP contribution in [0.2, 0.25) is 5.15 Å². The predicted molar refractivity (Wildman–Crippen MR) is 38.6 cm³/mol. The summed E-state index contributed by atoms with van der Waals surface area (Å²) in [5.74, 6) is 0.